The summed E-state index contributed by atoms with van der Waals surface area (Å²) in [6, 6.07) is 3.91. The van der Waals surface area contributed by atoms with Crippen LogP contribution in [0.25, 0.3) is 0 Å². The van der Waals surface area contributed by atoms with Crippen molar-refractivity contribution in [2.45, 2.75) is 18.9 Å². The van der Waals surface area contributed by atoms with Crippen molar-refractivity contribution in [3.05, 3.63) is 33.9 Å². The number of nitro groups is 1. The highest BCUT2D eigenvalue weighted by atomic mass is 16.6. The molecule has 2 rings (SSSR count). The van der Waals surface area contributed by atoms with Crippen molar-refractivity contribution in [3.8, 4) is 5.75 Å². The molecule has 0 aliphatic carbocycles. The molecule has 0 radical (unpaired) electrons. The number of ether oxygens (including phenoxy) is 1. The number of phenols is 1. The third-order valence-electron chi connectivity index (χ3n) is 3.29. The molecule has 0 bridgehead atoms. The first-order valence-electron chi connectivity index (χ1n) is 6.34. The third-order valence-corrected chi connectivity index (χ3v) is 3.29. The van der Waals surface area contributed by atoms with E-state index in [2.05, 4.69) is 0 Å². The number of likely N-dealkylation sites (N-methyl/N-ethyl adjacent to an activating group) is 1. The average molecular weight is 280 g/mol. The van der Waals surface area contributed by atoms with Crippen LogP contribution in [0.4, 0.5) is 5.69 Å². The number of rotatable bonds is 4. The molecule has 1 aromatic rings. The molecule has 1 aliphatic heterocycles. The van der Waals surface area contributed by atoms with Crippen LogP contribution in [0.3, 0.4) is 0 Å². The van der Waals surface area contributed by atoms with Gasteiger partial charge in [-0.15, -0.1) is 0 Å². The Labute approximate surface area is 115 Å². The molecule has 7 heteroatoms. The van der Waals surface area contributed by atoms with Crippen molar-refractivity contribution in [2.24, 2.45) is 0 Å². The van der Waals surface area contributed by atoms with Gasteiger partial charge in [0.05, 0.1) is 16.6 Å². The summed E-state index contributed by atoms with van der Waals surface area (Å²) in [7, 11) is 1.59. The monoisotopic (exact) mass is 280 g/mol. The molecule has 20 heavy (non-hydrogen) atoms. The summed E-state index contributed by atoms with van der Waals surface area (Å²) >= 11 is 0. The lowest BCUT2D eigenvalue weighted by Crippen LogP contribution is -2.34. The molecular formula is C13H16N2O5. The molecule has 1 saturated heterocycles. The number of nitrogens with zero attached hydrogens (tertiary/aromatic N) is 2. The first kappa shape index (κ1) is 14.3. The van der Waals surface area contributed by atoms with Crippen LogP contribution in [-0.2, 0) is 4.74 Å². The van der Waals surface area contributed by atoms with Crippen molar-refractivity contribution in [1.29, 1.82) is 0 Å². The van der Waals surface area contributed by atoms with E-state index in [9.17, 15) is 20.0 Å². The SMILES string of the molecule is CN(CC1CCCO1)C(=O)c1cccc([N+](=O)[O-])c1O. The van der Waals surface area contributed by atoms with Gasteiger partial charge in [0.25, 0.3) is 5.91 Å². The number of nitro benzene ring substituents is 1. The lowest BCUT2D eigenvalue weighted by atomic mass is 10.1. The zero-order chi connectivity index (χ0) is 14.7. The molecule has 0 aromatic heterocycles. The Morgan fingerprint density at radius 1 is 1.60 bits per heavy atom. The topological polar surface area (TPSA) is 92.9 Å². The molecule has 1 aromatic carbocycles. The van der Waals surface area contributed by atoms with Crippen LogP contribution in [0.2, 0.25) is 0 Å². The third kappa shape index (κ3) is 2.88. The highest BCUT2D eigenvalue weighted by Gasteiger charge is 2.25. The zero-order valence-corrected chi connectivity index (χ0v) is 11.1. The van der Waals surface area contributed by atoms with Gasteiger partial charge in [0.15, 0.2) is 0 Å². The van der Waals surface area contributed by atoms with E-state index in [-0.39, 0.29) is 11.7 Å². The van der Waals surface area contributed by atoms with Gasteiger partial charge in [0, 0.05) is 26.3 Å². The van der Waals surface area contributed by atoms with Gasteiger partial charge in [-0.3, -0.25) is 14.9 Å². The molecule has 1 unspecified atom stereocenters. The van der Waals surface area contributed by atoms with Crippen LogP contribution in [0, 0.1) is 10.1 Å². The van der Waals surface area contributed by atoms with Gasteiger partial charge in [-0.05, 0) is 18.9 Å². The van der Waals surface area contributed by atoms with E-state index in [4.69, 9.17) is 4.74 Å². The lowest BCUT2D eigenvalue weighted by molar-refractivity contribution is -0.385. The van der Waals surface area contributed by atoms with Crippen molar-refractivity contribution in [3.63, 3.8) is 0 Å². The summed E-state index contributed by atoms with van der Waals surface area (Å²) in [5, 5.41) is 20.6. The molecule has 1 amide bonds. The molecule has 0 saturated carbocycles. The molecular weight excluding hydrogens is 264 g/mol. The van der Waals surface area contributed by atoms with Crippen molar-refractivity contribution in [1.82, 2.24) is 4.90 Å². The van der Waals surface area contributed by atoms with Crippen LogP contribution in [-0.4, -0.2) is 47.1 Å². The van der Waals surface area contributed by atoms with E-state index >= 15 is 0 Å². The minimum absolute atomic E-state index is 0.00945. The first-order valence-corrected chi connectivity index (χ1v) is 6.34. The van der Waals surface area contributed by atoms with E-state index in [1.165, 1.54) is 17.0 Å². The van der Waals surface area contributed by atoms with Gasteiger partial charge >= 0.3 is 5.69 Å². The summed E-state index contributed by atoms with van der Waals surface area (Å²) < 4.78 is 5.44. The van der Waals surface area contributed by atoms with Gasteiger partial charge in [-0.25, -0.2) is 0 Å². The summed E-state index contributed by atoms with van der Waals surface area (Å²) in [6.45, 7) is 1.09. The zero-order valence-electron chi connectivity index (χ0n) is 11.1. The molecule has 108 valence electrons. The minimum atomic E-state index is -0.716. The molecule has 7 nitrogen and oxygen atoms in total. The van der Waals surface area contributed by atoms with Crippen molar-refractivity contribution < 1.29 is 19.6 Å². The van der Waals surface area contributed by atoms with Crippen LogP contribution in [0.15, 0.2) is 18.2 Å². The molecule has 0 spiro atoms. The number of carbonyl (C=O) groups excluding carboxylic acids is 1. The number of benzene rings is 1. The van der Waals surface area contributed by atoms with E-state index in [1.807, 2.05) is 0 Å². The van der Waals surface area contributed by atoms with Crippen molar-refractivity contribution >= 4 is 11.6 Å². The summed E-state index contributed by atoms with van der Waals surface area (Å²) in [5.74, 6) is -1.05. The Morgan fingerprint density at radius 2 is 2.35 bits per heavy atom. The predicted octanol–water partition coefficient (Wildman–Crippen LogP) is 1.55. The fourth-order valence-corrected chi connectivity index (χ4v) is 2.23. The van der Waals surface area contributed by atoms with Crippen LogP contribution in [0.5, 0.6) is 5.75 Å². The Balaban J connectivity index is 2.15. The molecule has 1 heterocycles. The summed E-state index contributed by atoms with van der Waals surface area (Å²) in [4.78, 5) is 23.7. The second-order valence-corrected chi connectivity index (χ2v) is 4.75. The number of aromatic hydroxyl groups is 1. The summed E-state index contributed by atoms with van der Waals surface area (Å²) in [5.41, 5.74) is -0.541. The van der Waals surface area contributed by atoms with Gasteiger partial charge in [-0.1, -0.05) is 6.07 Å². The second kappa shape index (κ2) is 5.87. The molecule has 1 fully saturated rings. The maximum atomic E-state index is 12.2. The van der Waals surface area contributed by atoms with Gasteiger partial charge in [0.1, 0.15) is 0 Å². The first-order chi connectivity index (χ1) is 9.50. The number of amides is 1. The molecule has 1 aliphatic rings. The Kier molecular flexibility index (Phi) is 4.19. The van der Waals surface area contributed by atoms with Gasteiger partial charge in [-0.2, -0.15) is 0 Å². The van der Waals surface area contributed by atoms with E-state index in [0.29, 0.717) is 13.2 Å². The Morgan fingerprint density at radius 3 is 2.95 bits per heavy atom. The molecule has 1 atom stereocenters. The molecule has 1 N–H and O–H groups in total. The number of carbonyl (C=O) groups is 1. The Hall–Kier alpha value is -2.15. The van der Waals surface area contributed by atoms with Crippen LogP contribution >= 0.6 is 0 Å². The number of para-hydroxylation sites is 1. The fraction of sp³-hybridized carbons (Fsp3) is 0.462. The number of phenolic OH excluding ortho intramolecular Hbond substituents is 1. The smallest absolute Gasteiger partial charge is 0.311 e. The second-order valence-electron chi connectivity index (χ2n) is 4.75. The largest absolute Gasteiger partial charge is 0.502 e. The number of hydrogen-bond donors (Lipinski definition) is 1. The van der Waals surface area contributed by atoms with Crippen LogP contribution in [0.1, 0.15) is 23.2 Å². The highest BCUT2D eigenvalue weighted by Crippen LogP contribution is 2.30. The van der Waals surface area contributed by atoms with Gasteiger partial charge in [0.2, 0.25) is 5.75 Å². The maximum Gasteiger partial charge on any atom is 0.311 e. The quantitative estimate of drug-likeness (QED) is 0.667. The number of hydrogen-bond acceptors (Lipinski definition) is 5. The fourth-order valence-electron chi connectivity index (χ4n) is 2.23. The maximum absolute atomic E-state index is 12.2. The van der Waals surface area contributed by atoms with Crippen molar-refractivity contribution in [2.75, 3.05) is 20.2 Å². The van der Waals surface area contributed by atoms with E-state index in [1.54, 1.807) is 7.05 Å². The van der Waals surface area contributed by atoms with Crippen LogP contribution < -0.4 is 0 Å². The predicted molar refractivity (Wildman–Crippen MR) is 70.7 cm³/mol. The summed E-state index contributed by atoms with van der Waals surface area (Å²) in [6.07, 6.45) is 1.85. The standard InChI is InChI=1S/C13H16N2O5/c1-14(8-9-4-3-7-20-9)13(17)10-5-2-6-11(12(10)16)15(18)19/h2,5-6,9,16H,3-4,7-8H2,1H3. The normalized spacial score (nSPS) is 17.9. The average Bonchev–Trinajstić information content (AvgIpc) is 2.90. The highest BCUT2D eigenvalue weighted by molar-refractivity contribution is 5.97. The van der Waals surface area contributed by atoms with Gasteiger partial charge < -0.3 is 14.7 Å². The lowest BCUT2D eigenvalue weighted by Gasteiger charge is -2.21. The van der Waals surface area contributed by atoms with E-state index in [0.717, 1.165) is 18.9 Å². The van der Waals surface area contributed by atoms with E-state index < -0.39 is 22.3 Å². The Bertz CT molecular complexity index is 525. The minimum Gasteiger partial charge on any atom is -0.502 e.